The number of hydrogen-bond acceptors (Lipinski definition) is 4. The lowest BCUT2D eigenvalue weighted by Crippen LogP contribution is -2.29. The first-order valence-electron chi connectivity index (χ1n) is 3.10. The fourth-order valence-corrected chi connectivity index (χ4v) is 1.44. The molecule has 3 N–H and O–H groups in total. The van der Waals surface area contributed by atoms with Gasteiger partial charge in [-0.3, -0.25) is 0 Å². The van der Waals surface area contributed by atoms with Crippen LogP contribution in [0.2, 0.25) is 0 Å². The molecule has 0 rings (SSSR count). The maximum atomic E-state index is 10.8. The van der Waals surface area contributed by atoms with Crippen molar-refractivity contribution in [1.82, 2.24) is 0 Å². The number of sulfone groups is 1. The lowest BCUT2D eigenvalue weighted by atomic mass is 10.4. The molecular formula is C5H13NO3S. The monoisotopic (exact) mass is 167 g/mol. The van der Waals surface area contributed by atoms with Gasteiger partial charge in [0.2, 0.25) is 0 Å². The van der Waals surface area contributed by atoms with Gasteiger partial charge in [-0.05, 0) is 0 Å². The van der Waals surface area contributed by atoms with Crippen LogP contribution in [0, 0.1) is 0 Å². The summed E-state index contributed by atoms with van der Waals surface area (Å²) in [5.41, 5.74) is 5.02. The average molecular weight is 167 g/mol. The van der Waals surface area contributed by atoms with Crippen LogP contribution < -0.4 is 5.73 Å². The number of aliphatic hydroxyl groups is 1. The van der Waals surface area contributed by atoms with Gasteiger partial charge in [0, 0.05) is 12.3 Å². The topological polar surface area (TPSA) is 80.4 Å². The van der Waals surface area contributed by atoms with Gasteiger partial charge in [0.05, 0.1) is 11.9 Å². The molecule has 0 aliphatic heterocycles. The van der Waals surface area contributed by atoms with Crippen molar-refractivity contribution in [2.75, 3.05) is 18.1 Å². The van der Waals surface area contributed by atoms with Crippen LogP contribution >= 0.6 is 0 Å². The first kappa shape index (κ1) is 9.87. The molecule has 0 radical (unpaired) electrons. The first-order valence-corrected chi connectivity index (χ1v) is 4.92. The Hall–Kier alpha value is -0.130. The van der Waals surface area contributed by atoms with Crippen molar-refractivity contribution in [3.8, 4) is 0 Å². The summed E-state index contributed by atoms with van der Waals surface area (Å²) in [6, 6.07) is 0. The van der Waals surface area contributed by atoms with Crippen molar-refractivity contribution in [3.63, 3.8) is 0 Å². The third-order valence-electron chi connectivity index (χ3n) is 1.16. The smallest absolute Gasteiger partial charge is 0.152 e. The van der Waals surface area contributed by atoms with E-state index >= 15 is 0 Å². The lowest BCUT2D eigenvalue weighted by molar-refractivity contribution is 0.205. The van der Waals surface area contributed by atoms with E-state index in [0.717, 1.165) is 0 Å². The van der Waals surface area contributed by atoms with Crippen LogP contribution in [0.1, 0.15) is 6.92 Å². The minimum Gasteiger partial charge on any atom is -0.391 e. The summed E-state index contributed by atoms with van der Waals surface area (Å²) in [7, 11) is -3.06. The first-order chi connectivity index (χ1) is 4.52. The molecule has 0 aromatic carbocycles. The van der Waals surface area contributed by atoms with Crippen LogP contribution in [0.3, 0.4) is 0 Å². The number of hydrogen-bond donors (Lipinski definition) is 2. The lowest BCUT2D eigenvalue weighted by Gasteiger charge is -2.05. The molecule has 1 unspecified atom stereocenters. The second-order valence-electron chi connectivity index (χ2n) is 2.09. The van der Waals surface area contributed by atoms with Gasteiger partial charge in [0.15, 0.2) is 9.84 Å². The molecule has 0 fully saturated rings. The third-order valence-corrected chi connectivity index (χ3v) is 2.93. The van der Waals surface area contributed by atoms with E-state index in [-0.39, 0.29) is 18.1 Å². The van der Waals surface area contributed by atoms with E-state index in [9.17, 15) is 8.42 Å². The number of rotatable bonds is 4. The van der Waals surface area contributed by atoms with Gasteiger partial charge >= 0.3 is 0 Å². The molecule has 0 saturated heterocycles. The van der Waals surface area contributed by atoms with Crippen molar-refractivity contribution in [3.05, 3.63) is 0 Å². The summed E-state index contributed by atoms with van der Waals surface area (Å²) in [5, 5.41) is 8.82. The van der Waals surface area contributed by atoms with Crippen molar-refractivity contribution in [1.29, 1.82) is 0 Å². The zero-order valence-corrected chi connectivity index (χ0v) is 6.76. The standard InChI is InChI=1S/C5H13NO3S/c1-2-10(8,9)4-5(7)3-6/h5,7H,2-4,6H2,1H3. The molecule has 5 heteroatoms. The zero-order valence-electron chi connectivity index (χ0n) is 5.95. The quantitative estimate of drug-likeness (QED) is 0.547. The van der Waals surface area contributed by atoms with E-state index in [0.29, 0.717) is 0 Å². The largest absolute Gasteiger partial charge is 0.391 e. The van der Waals surface area contributed by atoms with E-state index in [1.807, 2.05) is 0 Å². The Labute approximate surface area is 61.0 Å². The molecule has 0 heterocycles. The molecule has 0 saturated carbocycles. The van der Waals surface area contributed by atoms with E-state index < -0.39 is 15.9 Å². The molecule has 4 nitrogen and oxygen atoms in total. The Morgan fingerprint density at radius 3 is 2.40 bits per heavy atom. The molecule has 0 aliphatic rings. The van der Waals surface area contributed by atoms with Gasteiger partial charge in [0.25, 0.3) is 0 Å². The second-order valence-corrected chi connectivity index (χ2v) is 4.49. The zero-order chi connectivity index (χ0) is 8.20. The number of aliphatic hydroxyl groups excluding tert-OH is 1. The van der Waals surface area contributed by atoms with Crippen molar-refractivity contribution >= 4 is 9.84 Å². The fraction of sp³-hybridized carbons (Fsp3) is 1.00. The summed E-state index contributed by atoms with van der Waals surface area (Å²) in [6.45, 7) is 1.54. The minimum atomic E-state index is -3.06. The molecule has 0 aromatic heterocycles. The predicted molar refractivity (Wildman–Crippen MR) is 39.4 cm³/mol. The Kier molecular flexibility index (Phi) is 3.85. The van der Waals surface area contributed by atoms with E-state index in [4.69, 9.17) is 10.8 Å². The SMILES string of the molecule is CCS(=O)(=O)CC(O)CN. The van der Waals surface area contributed by atoms with Gasteiger partial charge in [-0.2, -0.15) is 0 Å². The van der Waals surface area contributed by atoms with E-state index in [2.05, 4.69) is 0 Å². The van der Waals surface area contributed by atoms with Crippen molar-refractivity contribution in [2.24, 2.45) is 5.73 Å². The predicted octanol–water partition coefficient (Wildman–Crippen LogP) is -1.26. The Balaban J connectivity index is 3.90. The summed E-state index contributed by atoms with van der Waals surface area (Å²) < 4.78 is 21.5. The van der Waals surface area contributed by atoms with Crippen LogP contribution in [-0.2, 0) is 9.84 Å². The third kappa shape index (κ3) is 3.81. The van der Waals surface area contributed by atoms with E-state index in [1.165, 1.54) is 0 Å². The van der Waals surface area contributed by atoms with Gasteiger partial charge in [-0.25, -0.2) is 8.42 Å². The molecule has 10 heavy (non-hydrogen) atoms. The van der Waals surface area contributed by atoms with Gasteiger partial charge < -0.3 is 10.8 Å². The van der Waals surface area contributed by atoms with Crippen molar-refractivity contribution in [2.45, 2.75) is 13.0 Å². The van der Waals surface area contributed by atoms with Crippen LogP contribution in [-0.4, -0.2) is 37.7 Å². The van der Waals surface area contributed by atoms with Gasteiger partial charge in [-0.1, -0.05) is 6.92 Å². The highest BCUT2D eigenvalue weighted by Gasteiger charge is 2.12. The van der Waals surface area contributed by atoms with E-state index in [1.54, 1.807) is 6.92 Å². The van der Waals surface area contributed by atoms with Crippen LogP contribution in [0.15, 0.2) is 0 Å². The van der Waals surface area contributed by atoms with Crippen LogP contribution in [0.5, 0.6) is 0 Å². The maximum Gasteiger partial charge on any atom is 0.152 e. The molecule has 0 spiro atoms. The average Bonchev–Trinajstić information content (AvgIpc) is 1.87. The highest BCUT2D eigenvalue weighted by atomic mass is 32.2. The molecule has 0 aromatic rings. The van der Waals surface area contributed by atoms with Crippen LogP contribution in [0.25, 0.3) is 0 Å². The second kappa shape index (κ2) is 3.90. The maximum absolute atomic E-state index is 10.8. The summed E-state index contributed by atoms with van der Waals surface area (Å²) in [4.78, 5) is 0. The Morgan fingerprint density at radius 2 is 2.10 bits per heavy atom. The minimum absolute atomic E-state index is 0.000764. The Bertz CT molecular complexity index is 175. The van der Waals surface area contributed by atoms with Gasteiger partial charge in [0.1, 0.15) is 0 Å². The van der Waals surface area contributed by atoms with Crippen molar-refractivity contribution < 1.29 is 13.5 Å². The van der Waals surface area contributed by atoms with Crippen LogP contribution in [0.4, 0.5) is 0 Å². The normalized spacial score (nSPS) is 15.1. The molecular weight excluding hydrogens is 154 g/mol. The molecule has 0 aliphatic carbocycles. The molecule has 0 bridgehead atoms. The highest BCUT2D eigenvalue weighted by molar-refractivity contribution is 7.91. The Morgan fingerprint density at radius 1 is 1.60 bits per heavy atom. The molecule has 62 valence electrons. The fourth-order valence-electron chi connectivity index (χ4n) is 0.479. The number of nitrogens with two attached hydrogens (primary N) is 1. The summed E-state index contributed by atoms with van der Waals surface area (Å²) in [6.07, 6.45) is -0.912. The summed E-state index contributed by atoms with van der Waals surface area (Å²) in [5.74, 6) is -0.163. The molecule has 1 atom stereocenters. The van der Waals surface area contributed by atoms with Gasteiger partial charge in [-0.15, -0.1) is 0 Å². The highest BCUT2D eigenvalue weighted by Crippen LogP contribution is 1.92. The summed E-state index contributed by atoms with van der Waals surface area (Å²) >= 11 is 0. The molecule has 0 amide bonds.